The third-order valence-corrected chi connectivity index (χ3v) is 7.98. The van der Waals surface area contributed by atoms with Crippen LogP contribution in [0.1, 0.15) is 66.2 Å². The number of β-amino-alcohol motifs (C(OH)–C–C–N with tert-alkyl or cyclic N) is 1. The lowest BCUT2D eigenvalue weighted by Crippen LogP contribution is -2.42. The molecule has 4 aliphatic rings. The fraction of sp³-hybridized carbons (Fsp3) is 0.724. The van der Waals surface area contributed by atoms with Gasteiger partial charge in [0.2, 0.25) is 5.91 Å². The van der Waals surface area contributed by atoms with E-state index in [0.717, 1.165) is 25.7 Å². The molecule has 0 radical (unpaired) electrons. The van der Waals surface area contributed by atoms with E-state index in [2.05, 4.69) is 13.0 Å². The summed E-state index contributed by atoms with van der Waals surface area (Å²) in [4.78, 5) is 28.5. The van der Waals surface area contributed by atoms with Gasteiger partial charge in [-0.3, -0.25) is 4.79 Å². The van der Waals surface area contributed by atoms with E-state index in [1.165, 1.54) is 5.57 Å². The second kappa shape index (κ2) is 11.6. The monoisotopic (exact) mass is 518 g/mol. The Morgan fingerprint density at radius 1 is 1.08 bits per heavy atom. The molecule has 0 aromatic heterocycles. The topological polar surface area (TPSA) is 79.3 Å². The van der Waals surface area contributed by atoms with Gasteiger partial charge in [-0.25, -0.2) is 9.18 Å². The van der Waals surface area contributed by atoms with Crippen molar-refractivity contribution in [3.63, 3.8) is 0 Å². The molecule has 37 heavy (non-hydrogen) atoms. The molecule has 8 heteroatoms. The zero-order chi connectivity index (χ0) is 26.7. The van der Waals surface area contributed by atoms with E-state index in [0.29, 0.717) is 51.4 Å². The lowest BCUT2D eigenvalue weighted by molar-refractivity contribution is -0.135. The molecule has 2 saturated heterocycles. The van der Waals surface area contributed by atoms with Gasteiger partial charge >= 0.3 is 6.09 Å². The molecule has 0 spiro atoms. The number of hydrogen-bond acceptors (Lipinski definition) is 5. The van der Waals surface area contributed by atoms with Crippen LogP contribution in [0.5, 0.6) is 0 Å². The summed E-state index contributed by atoms with van der Waals surface area (Å²) in [6.45, 7) is 10.4. The minimum Gasteiger partial charge on any atom is -0.491 e. The molecule has 206 valence electrons. The fourth-order valence-corrected chi connectivity index (χ4v) is 5.77. The molecule has 1 N–H and O–H groups in total. The number of amides is 2. The Kier molecular flexibility index (Phi) is 8.66. The number of rotatable bonds is 5. The third-order valence-electron chi connectivity index (χ3n) is 7.98. The van der Waals surface area contributed by atoms with Crippen molar-refractivity contribution in [3.05, 3.63) is 35.4 Å². The van der Waals surface area contributed by atoms with Gasteiger partial charge in [0.25, 0.3) is 0 Å². The summed E-state index contributed by atoms with van der Waals surface area (Å²) in [6.07, 6.45) is 9.51. The first kappa shape index (κ1) is 27.7. The summed E-state index contributed by atoms with van der Waals surface area (Å²) < 4.78 is 26.4. The zero-order valence-electron chi connectivity index (χ0n) is 22.7. The summed E-state index contributed by atoms with van der Waals surface area (Å²) in [6, 6.07) is 0. The smallest absolute Gasteiger partial charge is 0.410 e. The van der Waals surface area contributed by atoms with Crippen LogP contribution in [0, 0.1) is 23.7 Å². The average Bonchev–Trinajstić information content (AvgIpc) is 3.29. The Balaban J connectivity index is 1.24. The fourth-order valence-electron chi connectivity index (χ4n) is 5.77. The molecule has 0 bridgehead atoms. The van der Waals surface area contributed by atoms with Gasteiger partial charge in [-0.1, -0.05) is 18.6 Å². The van der Waals surface area contributed by atoms with Gasteiger partial charge in [0.05, 0.1) is 12.7 Å². The van der Waals surface area contributed by atoms with Crippen LogP contribution in [0.15, 0.2) is 35.4 Å². The first-order chi connectivity index (χ1) is 17.5. The number of hydrogen-bond donors (Lipinski definition) is 1. The molecule has 2 aliphatic carbocycles. The van der Waals surface area contributed by atoms with E-state index in [1.54, 1.807) is 15.9 Å². The second-order valence-electron chi connectivity index (χ2n) is 12.1. The molecule has 0 aromatic carbocycles. The van der Waals surface area contributed by atoms with Gasteiger partial charge in [-0.2, -0.15) is 0 Å². The first-order valence-corrected chi connectivity index (χ1v) is 13.9. The number of likely N-dealkylation sites (tertiary alicyclic amines) is 2. The SMILES string of the molecule is CC1C=C(OCC2CCN(C(=O)OC(C)(C)C)CC2)C(F)=CC1C1=CCC(C(=O)N2CCC(O)C2)CC1. The summed E-state index contributed by atoms with van der Waals surface area (Å²) in [5.74, 6) is 0.447. The van der Waals surface area contributed by atoms with Crippen molar-refractivity contribution < 1.29 is 28.6 Å². The molecule has 7 nitrogen and oxygen atoms in total. The highest BCUT2D eigenvalue weighted by atomic mass is 19.1. The minimum atomic E-state index is -0.506. The molecule has 2 fully saturated rings. The highest BCUT2D eigenvalue weighted by molar-refractivity contribution is 5.79. The number of carbonyl (C=O) groups is 2. The van der Waals surface area contributed by atoms with Crippen molar-refractivity contribution in [2.75, 3.05) is 32.8 Å². The van der Waals surface area contributed by atoms with Crippen LogP contribution in [-0.4, -0.2) is 71.4 Å². The molecule has 4 rings (SSSR count). The van der Waals surface area contributed by atoms with Gasteiger partial charge in [0.1, 0.15) is 5.60 Å². The number of carbonyl (C=O) groups excluding carboxylic acids is 2. The molecule has 2 aliphatic heterocycles. The van der Waals surface area contributed by atoms with Gasteiger partial charge in [0.15, 0.2) is 11.6 Å². The van der Waals surface area contributed by atoms with E-state index in [4.69, 9.17) is 9.47 Å². The Morgan fingerprint density at radius 2 is 1.78 bits per heavy atom. The molecule has 2 heterocycles. The number of aliphatic hydroxyl groups is 1. The van der Waals surface area contributed by atoms with E-state index in [1.807, 2.05) is 26.8 Å². The van der Waals surface area contributed by atoms with Crippen LogP contribution in [0.4, 0.5) is 9.18 Å². The van der Waals surface area contributed by atoms with Gasteiger partial charge in [-0.15, -0.1) is 0 Å². The summed E-state index contributed by atoms with van der Waals surface area (Å²) in [7, 11) is 0. The number of allylic oxidation sites excluding steroid dienone is 5. The normalized spacial score (nSPS) is 29.4. The van der Waals surface area contributed by atoms with E-state index in [-0.39, 0.29) is 41.5 Å². The Bertz CT molecular complexity index is 944. The molecule has 4 atom stereocenters. The zero-order valence-corrected chi connectivity index (χ0v) is 22.7. The van der Waals surface area contributed by atoms with Crippen LogP contribution >= 0.6 is 0 Å². The quantitative estimate of drug-likeness (QED) is 0.520. The number of nitrogens with zero attached hydrogens (tertiary/aromatic N) is 2. The van der Waals surface area contributed by atoms with Crippen LogP contribution < -0.4 is 0 Å². The maximum atomic E-state index is 15.0. The van der Waals surface area contributed by atoms with E-state index in [9.17, 15) is 14.7 Å². The molecular formula is C29H43FN2O5. The summed E-state index contributed by atoms with van der Waals surface area (Å²) >= 11 is 0. The van der Waals surface area contributed by atoms with Gasteiger partial charge < -0.3 is 24.4 Å². The average molecular weight is 519 g/mol. The number of piperidine rings is 1. The molecule has 4 unspecified atom stereocenters. The number of halogens is 1. The van der Waals surface area contributed by atoms with Crippen LogP contribution in [0.2, 0.25) is 0 Å². The predicted molar refractivity (Wildman–Crippen MR) is 139 cm³/mol. The van der Waals surface area contributed by atoms with Crippen molar-refractivity contribution in [2.45, 2.75) is 77.9 Å². The van der Waals surface area contributed by atoms with Crippen molar-refractivity contribution in [2.24, 2.45) is 23.7 Å². The van der Waals surface area contributed by atoms with Crippen molar-refractivity contribution in [1.82, 2.24) is 9.80 Å². The van der Waals surface area contributed by atoms with Crippen LogP contribution in [0.3, 0.4) is 0 Å². The van der Waals surface area contributed by atoms with Crippen LogP contribution in [0.25, 0.3) is 0 Å². The standard InChI is InChI=1S/C29H43FN2O5/c1-19-15-26(36-18-20-9-12-31(13-10-20)28(35)37-29(2,3)4)25(30)16-24(19)21-5-7-22(8-6-21)27(34)32-14-11-23(33)17-32/h5,15-16,19-20,22-24,33H,6-14,17-18H2,1-4H3. The second-order valence-corrected chi connectivity index (χ2v) is 12.1. The third kappa shape index (κ3) is 7.15. The van der Waals surface area contributed by atoms with Gasteiger partial charge in [-0.05, 0) is 83.3 Å². The minimum absolute atomic E-state index is 0.0194. The molecule has 2 amide bonds. The number of ether oxygens (including phenoxy) is 2. The summed E-state index contributed by atoms with van der Waals surface area (Å²) in [5.41, 5.74) is 0.686. The Hall–Kier alpha value is -2.35. The van der Waals surface area contributed by atoms with Crippen LogP contribution in [-0.2, 0) is 14.3 Å². The first-order valence-electron chi connectivity index (χ1n) is 13.9. The molecule has 0 aromatic rings. The Morgan fingerprint density at radius 3 is 2.38 bits per heavy atom. The molecule has 0 saturated carbocycles. The van der Waals surface area contributed by atoms with Crippen molar-refractivity contribution in [1.29, 1.82) is 0 Å². The highest BCUT2D eigenvalue weighted by Crippen LogP contribution is 2.39. The Labute approximate surface area is 220 Å². The maximum absolute atomic E-state index is 15.0. The van der Waals surface area contributed by atoms with Crippen molar-refractivity contribution >= 4 is 12.0 Å². The lowest BCUT2D eigenvalue weighted by atomic mass is 9.76. The lowest BCUT2D eigenvalue weighted by Gasteiger charge is -2.34. The van der Waals surface area contributed by atoms with E-state index < -0.39 is 11.7 Å². The number of aliphatic hydroxyl groups excluding tert-OH is 1. The molecular weight excluding hydrogens is 475 g/mol. The largest absolute Gasteiger partial charge is 0.491 e. The van der Waals surface area contributed by atoms with E-state index >= 15 is 4.39 Å². The maximum Gasteiger partial charge on any atom is 0.410 e. The van der Waals surface area contributed by atoms with Gasteiger partial charge in [0, 0.05) is 38.0 Å². The summed E-state index contributed by atoms with van der Waals surface area (Å²) in [5, 5.41) is 9.73. The highest BCUT2D eigenvalue weighted by Gasteiger charge is 2.34. The predicted octanol–water partition coefficient (Wildman–Crippen LogP) is 4.97. The van der Waals surface area contributed by atoms with Crippen molar-refractivity contribution in [3.8, 4) is 0 Å².